The van der Waals surface area contributed by atoms with Gasteiger partial charge in [-0.25, -0.2) is 8.42 Å². The first kappa shape index (κ1) is 23.0. The Kier molecular flexibility index (Phi) is 6.96. The lowest BCUT2D eigenvalue weighted by atomic mass is 9.90. The maximum absolute atomic E-state index is 13.6. The fourth-order valence-electron chi connectivity index (χ4n) is 4.97. The van der Waals surface area contributed by atoms with Crippen LogP contribution in [0.2, 0.25) is 5.02 Å². The molecule has 1 aromatic rings. The third-order valence-corrected chi connectivity index (χ3v) is 9.53. The first-order chi connectivity index (χ1) is 14.8. The lowest BCUT2D eigenvalue weighted by Crippen LogP contribution is -2.51. The first-order valence-electron chi connectivity index (χ1n) is 11.5. The Morgan fingerprint density at radius 3 is 2.55 bits per heavy atom. The van der Waals surface area contributed by atoms with Crippen LogP contribution in [-0.2, 0) is 14.8 Å². The molecule has 31 heavy (non-hydrogen) atoms. The van der Waals surface area contributed by atoms with Crippen LogP contribution in [-0.4, -0.2) is 60.4 Å². The zero-order chi connectivity index (χ0) is 22.2. The highest BCUT2D eigenvalue weighted by molar-refractivity contribution is 7.89. The molecule has 0 radical (unpaired) electrons. The first-order valence-corrected chi connectivity index (χ1v) is 13.3. The summed E-state index contributed by atoms with van der Waals surface area (Å²) in [7, 11) is -3.71. The number of piperidine rings is 1. The number of carbonyl (C=O) groups is 1. The molecule has 0 unspecified atom stereocenters. The van der Waals surface area contributed by atoms with Gasteiger partial charge in [0.05, 0.1) is 16.9 Å². The second-order valence-corrected chi connectivity index (χ2v) is 11.8. The third kappa shape index (κ3) is 5.10. The van der Waals surface area contributed by atoms with E-state index < -0.39 is 10.0 Å². The molecule has 0 bridgehead atoms. The maximum atomic E-state index is 13.6. The van der Waals surface area contributed by atoms with E-state index in [4.69, 9.17) is 11.6 Å². The Bertz CT molecular complexity index is 910. The Balaban J connectivity index is 1.51. The van der Waals surface area contributed by atoms with Crippen LogP contribution in [0.3, 0.4) is 0 Å². The smallest absolute Gasteiger partial charge is 0.243 e. The summed E-state index contributed by atoms with van der Waals surface area (Å²) < 4.78 is 28.1. The Hall–Kier alpha value is -1.15. The molecular weight excluding hydrogens is 436 g/mol. The SMILES string of the molecule is Cc1c(Cl)cccc1S(=O)(=O)N1CCC[C@H](C(=O)N(CC2CC2)C2CCC(O)CC2)C1. The summed E-state index contributed by atoms with van der Waals surface area (Å²) in [5, 5.41) is 10.3. The second-order valence-electron chi connectivity index (χ2n) is 9.46. The quantitative estimate of drug-likeness (QED) is 0.692. The largest absolute Gasteiger partial charge is 0.393 e. The Morgan fingerprint density at radius 2 is 1.87 bits per heavy atom. The predicted octanol–water partition coefficient (Wildman–Crippen LogP) is 3.59. The number of aliphatic hydroxyl groups excluding tert-OH is 1. The maximum Gasteiger partial charge on any atom is 0.243 e. The van der Waals surface area contributed by atoms with Crippen LogP contribution in [0, 0.1) is 18.8 Å². The van der Waals surface area contributed by atoms with Crippen molar-refractivity contribution in [3.8, 4) is 0 Å². The van der Waals surface area contributed by atoms with Crippen molar-refractivity contribution in [1.29, 1.82) is 0 Å². The molecule has 1 N–H and O–H groups in total. The van der Waals surface area contributed by atoms with Gasteiger partial charge in [-0.3, -0.25) is 4.79 Å². The second kappa shape index (κ2) is 9.38. The molecule has 1 atom stereocenters. The summed E-state index contributed by atoms with van der Waals surface area (Å²) in [6, 6.07) is 5.10. The van der Waals surface area contributed by atoms with Gasteiger partial charge in [0.2, 0.25) is 15.9 Å². The lowest BCUT2D eigenvalue weighted by molar-refractivity contribution is -0.140. The van der Waals surface area contributed by atoms with E-state index in [1.54, 1.807) is 25.1 Å². The molecule has 2 aliphatic carbocycles. The lowest BCUT2D eigenvalue weighted by Gasteiger charge is -2.40. The molecule has 2 saturated carbocycles. The molecular formula is C23H33ClN2O4S. The predicted molar refractivity (Wildman–Crippen MR) is 120 cm³/mol. The summed E-state index contributed by atoms with van der Waals surface area (Å²) in [6.07, 6.45) is 6.59. The fourth-order valence-corrected chi connectivity index (χ4v) is 6.97. The van der Waals surface area contributed by atoms with Gasteiger partial charge in [-0.05, 0) is 81.9 Å². The number of aliphatic hydroxyl groups is 1. The highest BCUT2D eigenvalue weighted by Crippen LogP contribution is 2.35. The number of amides is 1. The van der Waals surface area contributed by atoms with Crippen molar-refractivity contribution < 1.29 is 18.3 Å². The third-order valence-electron chi connectivity index (χ3n) is 7.11. The van der Waals surface area contributed by atoms with Crippen molar-refractivity contribution in [1.82, 2.24) is 9.21 Å². The summed E-state index contributed by atoms with van der Waals surface area (Å²) in [4.78, 5) is 15.9. The van der Waals surface area contributed by atoms with Gasteiger partial charge in [0, 0.05) is 30.7 Å². The van der Waals surface area contributed by atoms with Gasteiger partial charge in [-0.15, -0.1) is 0 Å². The molecule has 1 saturated heterocycles. The van der Waals surface area contributed by atoms with Crippen LogP contribution >= 0.6 is 11.6 Å². The average Bonchev–Trinajstić information content (AvgIpc) is 3.58. The topological polar surface area (TPSA) is 77.9 Å². The zero-order valence-electron chi connectivity index (χ0n) is 18.2. The van der Waals surface area contributed by atoms with Crippen molar-refractivity contribution in [3.05, 3.63) is 28.8 Å². The van der Waals surface area contributed by atoms with E-state index in [-0.39, 0.29) is 35.4 Å². The van der Waals surface area contributed by atoms with E-state index in [1.165, 1.54) is 17.1 Å². The van der Waals surface area contributed by atoms with E-state index in [0.717, 1.165) is 38.6 Å². The number of rotatable bonds is 6. The number of carbonyl (C=O) groups excluding carboxylic acids is 1. The number of hydrogen-bond donors (Lipinski definition) is 1. The number of nitrogens with zero attached hydrogens (tertiary/aromatic N) is 2. The molecule has 3 aliphatic rings. The number of halogens is 1. The summed E-state index contributed by atoms with van der Waals surface area (Å²) >= 11 is 6.17. The van der Waals surface area contributed by atoms with Gasteiger partial charge < -0.3 is 10.0 Å². The van der Waals surface area contributed by atoms with E-state index in [9.17, 15) is 18.3 Å². The Labute approximate surface area is 190 Å². The van der Waals surface area contributed by atoms with Gasteiger partial charge in [-0.2, -0.15) is 4.31 Å². The Morgan fingerprint density at radius 1 is 1.16 bits per heavy atom. The molecule has 1 heterocycles. The molecule has 0 aromatic heterocycles. The average molecular weight is 469 g/mol. The molecule has 1 aromatic carbocycles. The zero-order valence-corrected chi connectivity index (χ0v) is 19.7. The minimum atomic E-state index is -3.71. The molecule has 0 spiro atoms. The van der Waals surface area contributed by atoms with Crippen molar-refractivity contribution in [2.75, 3.05) is 19.6 Å². The summed E-state index contributed by atoms with van der Waals surface area (Å²) in [6.45, 7) is 3.15. The number of sulfonamides is 1. The minimum absolute atomic E-state index is 0.0935. The highest BCUT2D eigenvalue weighted by Gasteiger charge is 2.39. The van der Waals surface area contributed by atoms with Gasteiger partial charge in [0.15, 0.2) is 0 Å². The van der Waals surface area contributed by atoms with Crippen LogP contribution in [0.25, 0.3) is 0 Å². The normalized spacial score (nSPS) is 27.8. The molecule has 4 rings (SSSR count). The van der Waals surface area contributed by atoms with Gasteiger partial charge in [-0.1, -0.05) is 17.7 Å². The summed E-state index contributed by atoms with van der Waals surface area (Å²) in [5.74, 6) is 0.359. The minimum Gasteiger partial charge on any atom is -0.393 e. The van der Waals surface area contributed by atoms with E-state index in [1.807, 2.05) is 4.90 Å². The van der Waals surface area contributed by atoms with E-state index in [0.29, 0.717) is 29.5 Å². The van der Waals surface area contributed by atoms with E-state index in [2.05, 4.69) is 0 Å². The van der Waals surface area contributed by atoms with Crippen LogP contribution in [0.5, 0.6) is 0 Å². The van der Waals surface area contributed by atoms with Crippen LogP contribution in [0.15, 0.2) is 23.1 Å². The van der Waals surface area contributed by atoms with Gasteiger partial charge >= 0.3 is 0 Å². The fraction of sp³-hybridized carbons (Fsp3) is 0.696. The molecule has 8 heteroatoms. The van der Waals surface area contributed by atoms with Crippen molar-refractivity contribution in [2.24, 2.45) is 11.8 Å². The summed E-state index contributed by atoms with van der Waals surface area (Å²) in [5.41, 5.74) is 0.550. The molecule has 3 fully saturated rings. The molecule has 1 aliphatic heterocycles. The van der Waals surface area contributed by atoms with Crippen LogP contribution in [0.4, 0.5) is 0 Å². The number of benzene rings is 1. The number of hydrogen-bond acceptors (Lipinski definition) is 4. The van der Waals surface area contributed by atoms with Gasteiger partial charge in [0.1, 0.15) is 0 Å². The van der Waals surface area contributed by atoms with Crippen molar-refractivity contribution in [3.63, 3.8) is 0 Å². The molecule has 1 amide bonds. The standard InChI is InChI=1S/C23H33ClN2O4S/c1-16-21(24)5-2-6-22(16)31(29,30)25-13-3-4-18(15-25)23(28)26(14-17-7-8-17)19-9-11-20(27)12-10-19/h2,5-6,17-20,27H,3-4,7-15H2,1H3/t18-,19?,20?/m0/s1. The molecule has 6 nitrogen and oxygen atoms in total. The highest BCUT2D eigenvalue weighted by atomic mass is 35.5. The monoisotopic (exact) mass is 468 g/mol. The van der Waals surface area contributed by atoms with E-state index >= 15 is 0 Å². The van der Waals surface area contributed by atoms with Gasteiger partial charge in [0.25, 0.3) is 0 Å². The van der Waals surface area contributed by atoms with Crippen LogP contribution in [0.1, 0.15) is 56.9 Å². The van der Waals surface area contributed by atoms with Crippen molar-refractivity contribution in [2.45, 2.75) is 75.3 Å². The van der Waals surface area contributed by atoms with Crippen molar-refractivity contribution >= 4 is 27.5 Å². The van der Waals surface area contributed by atoms with Crippen LogP contribution < -0.4 is 0 Å². The molecule has 172 valence electrons.